The van der Waals surface area contributed by atoms with Crippen molar-refractivity contribution in [3.05, 3.63) is 70.3 Å². The van der Waals surface area contributed by atoms with E-state index in [1.807, 2.05) is 24.3 Å². The number of rotatable bonds is 7. The fraction of sp³-hybridized carbons (Fsp3) is 0.500. The van der Waals surface area contributed by atoms with Gasteiger partial charge in [-0.05, 0) is 91.8 Å². The zero-order valence-corrected chi connectivity index (χ0v) is 17.7. The first-order valence-electron chi connectivity index (χ1n) is 11.6. The first kappa shape index (κ1) is 19.8. The molecule has 2 unspecified atom stereocenters. The molecule has 1 heterocycles. The summed E-state index contributed by atoms with van der Waals surface area (Å²) in [5.74, 6) is 0.808. The summed E-state index contributed by atoms with van der Waals surface area (Å²) in [6, 6.07) is 15.5. The van der Waals surface area contributed by atoms with Crippen molar-refractivity contribution < 1.29 is 9.53 Å². The number of nitrogens with one attached hydrogen (secondary N) is 2. The molecular formula is C26H32N2O2. The Kier molecular flexibility index (Phi) is 5.87. The third kappa shape index (κ3) is 4.76. The molecule has 1 saturated heterocycles. The predicted octanol–water partition coefficient (Wildman–Crippen LogP) is 4.33. The van der Waals surface area contributed by atoms with E-state index in [0.29, 0.717) is 12.6 Å². The maximum Gasteiger partial charge on any atom is 0.251 e. The summed E-state index contributed by atoms with van der Waals surface area (Å²) in [4.78, 5) is 12.7. The van der Waals surface area contributed by atoms with Crippen LogP contribution < -0.4 is 10.6 Å². The van der Waals surface area contributed by atoms with E-state index in [-0.39, 0.29) is 11.9 Å². The van der Waals surface area contributed by atoms with Crippen LogP contribution in [0.4, 0.5) is 0 Å². The number of aryl methyl sites for hydroxylation is 1. The highest BCUT2D eigenvalue weighted by Crippen LogP contribution is 2.30. The fourth-order valence-corrected chi connectivity index (χ4v) is 4.73. The summed E-state index contributed by atoms with van der Waals surface area (Å²) in [5, 5.41) is 6.84. The second-order valence-corrected chi connectivity index (χ2v) is 9.25. The monoisotopic (exact) mass is 404 g/mol. The Balaban J connectivity index is 1.15. The highest BCUT2D eigenvalue weighted by atomic mass is 16.5. The van der Waals surface area contributed by atoms with Crippen LogP contribution in [0.5, 0.6) is 0 Å². The molecule has 158 valence electrons. The Morgan fingerprint density at radius 2 is 1.90 bits per heavy atom. The quantitative estimate of drug-likeness (QED) is 0.722. The number of fused-ring (bicyclic) bond motifs is 1. The first-order valence-corrected chi connectivity index (χ1v) is 11.6. The van der Waals surface area contributed by atoms with Crippen LogP contribution in [0.25, 0.3) is 0 Å². The Labute approximate surface area is 179 Å². The average Bonchev–Trinajstić information content (AvgIpc) is 3.43. The molecule has 1 amide bonds. The van der Waals surface area contributed by atoms with Crippen molar-refractivity contribution in [2.75, 3.05) is 13.2 Å². The van der Waals surface area contributed by atoms with Crippen LogP contribution in [0.15, 0.2) is 42.5 Å². The number of carbonyl (C=O) groups is 1. The second-order valence-electron chi connectivity index (χ2n) is 9.25. The van der Waals surface area contributed by atoms with Gasteiger partial charge in [0.15, 0.2) is 0 Å². The van der Waals surface area contributed by atoms with Crippen LogP contribution in [-0.4, -0.2) is 25.1 Å². The Hall–Kier alpha value is -2.17. The van der Waals surface area contributed by atoms with Gasteiger partial charge >= 0.3 is 0 Å². The molecule has 1 aliphatic heterocycles. The molecule has 2 aromatic carbocycles. The highest BCUT2D eigenvalue weighted by Gasteiger charge is 2.23. The topological polar surface area (TPSA) is 50.4 Å². The first-order chi connectivity index (χ1) is 14.7. The largest absolute Gasteiger partial charge is 0.376 e. The summed E-state index contributed by atoms with van der Waals surface area (Å²) in [6.07, 6.45) is 8.10. The van der Waals surface area contributed by atoms with Gasteiger partial charge in [-0.25, -0.2) is 0 Å². The molecule has 30 heavy (non-hydrogen) atoms. The fourth-order valence-electron chi connectivity index (χ4n) is 4.73. The SMILES string of the molecule is O=C(NC1CCc2cc(C3CCCN3)ccc2C1)c1ccc(COCC2CC2)cc1. The maximum atomic E-state index is 12.7. The molecule has 3 aliphatic rings. The molecule has 0 aromatic heterocycles. The van der Waals surface area contributed by atoms with E-state index in [2.05, 4.69) is 28.8 Å². The summed E-state index contributed by atoms with van der Waals surface area (Å²) in [7, 11) is 0. The lowest BCUT2D eigenvalue weighted by Gasteiger charge is -2.26. The average molecular weight is 405 g/mol. The lowest BCUT2D eigenvalue weighted by atomic mass is 9.86. The number of benzene rings is 2. The molecule has 0 radical (unpaired) electrons. The van der Waals surface area contributed by atoms with E-state index in [4.69, 9.17) is 4.74 Å². The third-order valence-corrected chi connectivity index (χ3v) is 6.79. The van der Waals surface area contributed by atoms with E-state index in [0.717, 1.165) is 49.5 Å². The smallest absolute Gasteiger partial charge is 0.251 e. The molecule has 4 heteroatoms. The van der Waals surface area contributed by atoms with Crippen molar-refractivity contribution in [1.82, 2.24) is 10.6 Å². The van der Waals surface area contributed by atoms with Crippen LogP contribution in [0, 0.1) is 5.92 Å². The molecule has 0 bridgehead atoms. The van der Waals surface area contributed by atoms with Gasteiger partial charge in [-0.1, -0.05) is 30.3 Å². The van der Waals surface area contributed by atoms with Crippen molar-refractivity contribution in [2.45, 2.75) is 63.6 Å². The van der Waals surface area contributed by atoms with Crippen LogP contribution in [0.2, 0.25) is 0 Å². The summed E-state index contributed by atoms with van der Waals surface area (Å²) >= 11 is 0. The molecule has 2 fully saturated rings. The summed E-state index contributed by atoms with van der Waals surface area (Å²) in [6.45, 7) is 2.63. The molecule has 2 N–H and O–H groups in total. The minimum atomic E-state index is 0.0284. The van der Waals surface area contributed by atoms with Gasteiger partial charge in [-0.15, -0.1) is 0 Å². The van der Waals surface area contributed by atoms with Crippen LogP contribution in [0.3, 0.4) is 0 Å². The molecular weight excluding hydrogens is 372 g/mol. The maximum absolute atomic E-state index is 12.7. The van der Waals surface area contributed by atoms with Gasteiger partial charge in [0.1, 0.15) is 0 Å². The molecule has 5 rings (SSSR count). The summed E-state index contributed by atoms with van der Waals surface area (Å²) < 4.78 is 5.74. The molecule has 0 spiro atoms. The zero-order chi connectivity index (χ0) is 20.3. The molecule has 2 atom stereocenters. The molecule has 4 nitrogen and oxygen atoms in total. The van der Waals surface area contributed by atoms with Crippen LogP contribution in [-0.2, 0) is 24.2 Å². The van der Waals surface area contributed by atoms with E-state index in [1.54, 1.807) is 0 Å². The Morgan fingerprint density at radius 1 is 1.03 bits per heavy atom. The van der Waals surface area contributed by atoms with Gasteiger partial charge in [0, 0.05) is 24.3 Å². The van der Waals surface area contributed by atoms with Gasteiger partial charge in [0.25, 0.3) is 5.91 Å². The number of hydrogen-bond acceptors (Lipinski definition) is 3. The third-order valence-electron chi connectivity index (χ3n) is 6.79. The van der Waals surface area contributed by atoms with Crippen LogP contribution >= 0.6 is 0 Å². The highest BCUT2D eigenvalue weighted by molar-refractivity contribution is 5.94. The standard InChI is InChI=1S/C26H32N2O2/c29-26(20-7-5-19(6-8-20)17-30-16-18-3-4-18)28-24-12-11-21-14-23(10-9-22(21)15-24)25-2-1-13-27-25/h5-10,14,18,24-25,27H,1-4,11-13,15-17H2,(H,28,29). The predicted molar refractivity (Wildman–Crippen MR) is 119 cm³/mol. The van der Waals surface area contributed by atoms with Gasteiger partial charge in [0.2, 0.25) is 0 Å². The van der Waals surface area contributed by atoms with Gasteiger partial charge < -0.3 is 15.4 Å². The Bertz CT molecular complexity index is 882. The van der Waals surface area contributed by atoms with Crippen molar-refractivity contribution >= 4 is 5.91 Å². The minimum absolute atomic E-state index is 0.0284. The van der Waals surface area contributed by atoms with Crippen molar-refractivity contribution in [3.63, 3.8) is 0 Å². The van der Waals surface area contributed by atoms with E-state index >= 15 is 0 Å². The molecule has 2 aromatic rings. The lowest BCUT2D eigenvalue weighted by Crippen LogP contribution is -2.38. The molecule has 1 saturated carbocycles. The van der Waals surface area contributed by atoms with Gasteiger partial charge in [-0.3, -0.25) is 4.79 Å². The minimum Gasteiger partial charge on any atom is -0.376 e. The number of amides is 1. The summed E-state index contributed by atoms with van der Waals surface area (Å²) in [5.41, 5.74) is 6.13. The molecule has 2 aliphatic carbocycles. The van der Waals surface area contributed by atoms with E-state index in [9.17, 15) is 4.79 Å². The van der Waals surface area contributed by atoms with Crippen LogP contribution in [0.1, 0.15) is 70.8 Å². The number of carbonyl (C=O) groups excluding carboxylic acids is 1. The van der Waals surface area contributed by atoms with Gasteiger partial charge in [-0.2, -0.15) is 0 Å². The Morgan fingerprint density at radius 3 is 2.67 bits per heavy atom. The number of ether oxygens (including phenoxy) is 1. The lowest BCUT2D eigenvalue weighted by molar-refractivity contribution is 0.0933. The normalized spacial score (nSPS) is 23.2. The zero-order valence-electron chi connectivity index (χ0n) is 17.7. The van der Waals surface area contributed by atoms with Gasteiger partial charge in [0.05, 0.1) is 6.61 Å². The number of hydrogen-bond donors (Lipinski definition) is 2. The van der Waals surface area contributed by atoms with Crippen molar-refractivity contribution in [3.8, 4) is 0 Å². The van der Waals surface area contributed by atoms with E-state index < -0.39 is 0 Å². The van der Waals surface area contributed by atoms with Crippen molar-refractivity contribution in [1.29, 1.82) is 0 Å². The van der Waals surface area contributed by atoms with E-state index in [1.165, 1.54) is 42.4 Å². The van der Waals surface area contributed by atoms with Crippen molar-refractivity contribution in [2.24, 2.45) is 5.92 Å². The second kappa shape index (κ2) is 8.91.